The Kier molecular flexibility index (Phi) is 5.51. The maximum Gasteiger partial charge on any atom is 0.295 e. The van der Waals surface area contributed by atoms with Crippen molar-refractivity contribution in [2.24, 2.45) is 5.14 Å². The normalized spacial score (nSPS) is 13.9. The van der Waals surface area contributed by atoms with Crippen LogP contribution in [-0.4, -0.2) is 42.9 Å². The molecule has 0 unspecified atom stereocenters. The second-order valence-corrected chi connectivity index (χ2v) is 9.64. The van der Waals surface area contributed by atoms with Gasteiger partial charge in [-0.1, -0.05) is 16.9 Å². The molecular formula is C15H18N4O4S3. The van der Waals surface area contributed by atoms with Crippen LogP contribution in [0.2, 0.25) is 0 Å². The van der Waals surface area contributed by atoms with E-state index in [0.717, 1.165) is 11.3 Å². The third-order valence-electron chi connectivity index (χ3n) is 3.62. The number of hydrogen-bond acceptors (Lipinski definition) is 8. The molecule has 0 atom stereocenters. The fourth-order valence-electron chi connectivity index (χ4n) is 2.52. The molecule has 3 rings (SSSR count). The SMILES string of the molecule is CC(C)Oc1nnc(SCC(=O)N2CCc3cc(S(N)(=O)=O)ccc32)s1. The monoisotopic (exact) mass is 414 g/mol. The number of carbonyl (C=O) groups excluding carboxylic acids is 1. The van der Waals surface area contributed by atoms with Gasteiger partial charge in [-0.05, 0) is 55.4 Å². The van der Waals surface area contributed by atoms with Crippen molar-refractivity contribution < 1.29 is 17.9 Å². The highest BCUT2D eigenvalue weighted by Crippen LogP contribution is 2.32. The minimum absolute atomic E-state index is 0.0192. The quantitative estimate of drug-likeness (QED) is 0.715. The lowest BCUT2D eigenvalue weighted by molar-refractivity contribution is -0.116. The molecule has 2 N–H and O–H groups in total. The van der Waals surface area contributed by atoms with Crippen LogP contribution in [0.5, 0.6) is 5.19 Å². The van der Waals surface area contributed by atoms with Gasteiger partial charge < -0.3 is 9.64 Å². The van der Waals surface area contributed by atoms with E-state index in [-0.39, 0.29) is 22.7 Å². The van der Waals surface area contributed by atoms with Gasteiger partial charge in [0, 0.05) is 12.2 Å². The Morgan fingerprint density at radius 2 is 2.19 bits per heavy atom. The van der Waals surface area contributed by atoms with Gasteiger partial charge in [-0.3, -0.25) is 4.79 Å². The van der Waals surface area contributed by atoms with Crippen molar-refractivity contribution >= 4 is 44.7 Å². The van der Waals surface area contributed by atoms with Crippen molar-refractivity contribution in [1.82, 2.24) is 10.2 Å². The van der Waals surface area contributed by atoms with Gasteiger partial charge in [-0.25, -0.2) is 13.6 Å². The summed E-state index contributed by atoms with van der Waals surface area (Å²) in [4.78, 5) is 14.3. The molecule has 0 saturated carbocycles. The molecule has 0 saturated heterocycles. The number of nitrogens with two attached hydrogens (primary N) is 1. The first-order valence-corrected chi connectivity index (χ1v) is 11.2. The van der Waals surface area contributed by atoms with Gasteiger partial charge in [0.05, 0.1) is 16.8 Å². The second-order valence-electron chi connectivity index (χ2n) is 5.92. The van der Waals surface area contributed by atoms with Crippen LogP contribution < -0.4 is 14.8 Å². The van der Waals surface area contributed by atoms with E-state index in [4.69, 9.17) is 9.88 Å². The summed E-state index contributed by atoms with van der Waals surface area (Å²) in [5.74, 6) is 0.144. The summed E-state index contributed by atoms with van der Waals surface area (Å²) in [5.41, 5.74) is 1.53. The standard InChI is InChI=1S/C15H18N4O4S3/c1-9(2)23-14-17-18-15(25-14)24-8-13(20)19-6-5-10-7-11(26(16,21)22)3-4-12(10)19/h3-4,7,9H,5-6,8H2,1-2H3,(H2,16,21,22). The van der Waals surface area contributed by atoms with Crippen molar-refractivity contribution in [3.05, 3.63) is 23.8 Å². The Labute approximate surface area is 159 Å². The number of thioether (sulfide) groups is 1. The summed E-state index contributed by atoms with van der Waals surface area (Å²) < 4.78 is 29.0. The summed E-state index contributed by atoms with van der Waals surface area (Å²) in [5, 5.41) is 13.6. The zero-order valence-electron chi connectivity index (χ0n) is 14.2. The maximum absolute atomic E-state index is 12.5. The van der Waals surface area contributed by atoms with Gasteiger partial charge in [0.15, 0.2) is 4.34 Å². The number of aromatic nitrogens is 2. The molecule has 1 aromatic carbocycles. The first-order valence-electron chi connectivity index (χ1n) is 7.83. The number of benzene rings is 1. The number of carbonyl (C=O) groups is 1. The molecule has 2 aromatic rings. The number of rotatable bonds is 6. The minimum atomic E-state index is -3.75. The second kappa shape index (κ2) is 7.51. The van der Waals surface area contributed by atoms with Crippen molar-refractivity contribution in [2.75, 3.05) is 17.2 Å². The number of sulfonamides is 1. The van der Waals surface area contributed by atoms with Crippen LogP contribution in [-0.2, 0) is 21.2 Å². The van der Waals surface area contributed by atoms with E-state index in [1.165, 1.54) is 35.2 Å². The lowest BCUT2D eigenvalue weighted by Crippen LogP contribution is -2.30. The Balaban J connectivity index is 1.65. The van der Waals surface area contributed by atoms with E-state index in [1.807, 2.05) is 13.8 Å². The fourth-order valence-corrected chi connectivity index (χ4v) is 4.77. The molecule has 1 aromatic heterocycles. The lowest BCUT2D eigenvalue weighted by atomic mass is 10.2. The van der Waals surface area contributed by atoms with Crippen LogP contribution in [0.1, 0.15) is 19.4 Å². The lowest BCUT2D eigenvalue weighted by Gasteiger charge is -2.16. The van der Waals surface area contributed by atoms with E-state index < -0.39 is 10.0 Å². The molecular weight excluding hydrogens is 396 g/mol. The molecule has 1 aliphatic heterocycles. The zero-order chi connectivity index (χ0) is 18.9. The minimum Gasteiger partial charge on any atom is -0.466 e. The maximum atomic E-state index is 12.5. The molecule has 26 heavy (non-hydrogen) atoms. The van der Waals surface area contributed by atoms with Crippen molar-refractivity contribution in [2.45, 2.75) is 35.6 Å². The van der Waals surface area contributed by atoms with Crippen LogP contribution in [0.15, 0.2) is 27.4 Å². The average molecular weight is 415 g/mol. The van der Waals surface area contributed by atoms with Crippen LogP contribution in [0, 0.1) is 0 Å². The number of ether oxygens (including phenoxy) is 1. The highest BCUT2D eigenvalue weighted by molar-refractivity contribution is 8.01. The topological polar surface area (TPSA) is 115 Å². The highest BCUT2D eigenvalue weighted by Gasteiger charge is 2.26. The first-order chi connectivity index (χ1) is 12.2. The molecule has 8 nitrogen and oxygen atoms in total. The van der Waals surface area contributed by atoms with Crippen LogP contribution in [0.3, 0.4) is 0 Å². The summed E-state index contributed by atoms with van der Waals surface area (Å²) in [7, 11) is -3.75. The number of anilines is 1. The fraction of sp³-hybridized carbons (Fsp3) is 0.400. The molecule has 1 amide bonds. The van der Waals surface area contributed by atoms with Crippen LogP contribution in [0.4, 0.5) is 5.69 Å². The summed E-state index contributed by atoms with van der Waals surface area (Å²) in [6, 6.07) is 4.59. The van der Waals surface area contributed by atoms with Crippen LogP contribution in [0.25, 0.3) is 0 Å². The first kappa shape index (κ1) is 19.1. The molecule has 0 spiro atoms. The van der Waals surface area contributed by atoms with Gasteiger partial charge >= 0.3 is 0 Å². The third-order valence-corrected chi connectivity index (χ3v) is 6.46. The largest absolute Gasteiger partial charge is 0.466 e. The molecule has 0 fully saturated rings. The summed E-state index contributed by atoms with van der Waals surface area (Å²) in [6.07, 6.45) is 0.617. The molecule has 2 heterocycles. The molecule has 0 bridgehead atoms. The van der Waals surface area contributed by atoms with E-state index >= 15 is 0 Å². The van der Waals surface area contributed by atoms with E-state index in [1.54, 1.807) is 11.0 Å². The Hall–Kier alpha value is -1.69. The van der Waals surface area contributed by atoms with Crippen molar-refractivity contribution in [3.63, 3.8) is 0 Å². The number of primary sulfonamides is 1. The van der Waals surface area contributed by atoms with E-state index in [2.05, 4.69) is 10.2 Å². The number of fused-ring (bicyclic) bond motifs is 1. The smallest absolute Gasteiger partial charge is 0.295 e. The van der Waals surface area contributed by atoms with Gasteiger partial charge in [0.2, 0.25) is 15.9 Å². The zero-order valence-corrected chi connectivity index (χ0v) is 16.7. The van der Waals surface area contributed by atoms with Crippen LogP contribution >= 0.6 is 23.1 Å². The van der Waals surface area contributed by atoms with Gasteiger partial charge in [0.25, 0.3) is 5.19 Å². The molecule has 1 aliphatic rings. The highest BCUT2D eigenvalue weighted by atomic mass is 32.2. The number of hydrogen-bond donors (Lipinski definition) is 1. The molecule has 0 radical (unpaired) electrons. The third kappa shape index (κ3) is 4.34. The molecule has 0 aliphatic carbocycles. The number of nitrogens with zero attached hydrogens (tertiary/aromatic N) is 3. The predicted octanol–water partition coefficient (Wildman–Crippen LogP) is 1.65. The average Bonchev–Trinajstić information content (AvgIpc) is 3.17. The summed E-state index contributed by atoms with van der Waals surface area (Å²) >= 11 is 2.61. The summed E-state index contributed by atoms with van der Waals surface area (Å²) in [6.45, 7) is 4.33. The van der Waals surface area contributed by atoms with Crippen molar-refractivity contribution in [1.29, 1.82) is 0 Å². The molecule has 11 heteroatoms. The predicted molar refractivity (Wildman–Crippen MR) is 100 cm³/mol. The Morgan fingerprint density at radius 3 is 2.88 bits per heavy atom. The molecule has 140 valence electrons. The van der Waals surface area contributed by atoms with E-state index in [0.29, 0.717) is 22.5 Å². The van der Waals surface area contributed by atoms with Gasteiger partial charge in [0.1, 0.15) is 0 Å². The number of amides is 1. The van der Waals surface area contributed by atoms with Gasteiger partial charge in [-0.15, -0.1) is 5.10 Å². The Morgan fingerprint density at radius 1 is 1.42 bits per heavy atom. The van der Waals surface area contributed by atoms with Crippen molar-refractivity contribution in [3.8, 4) is 5.19 Å². The van der Waals surface area contributed by atoms with E-state index in [9.17, 15) is 13.2 Å². The van der Waals surface area contributed by atoms with Gasteiger partial charge in [-0.2, -0.15) is 0 Å². The Bertz CT molecular complexity index is 927.